The molecule has 2 N–H and O–H groups in total. The quantitative estimate of drug-likeness (QED) is 0.789. The van der Waals surface area contributed by atoms with E-state index in [2.05, 4.69) is 41.3 Å². The number of halogens is 1. The van der Waals surface area contributed by atoms with Crippen LogP contribution in [0.2, 0.25) is 5.02 Å². The number of pyridine rings is 1. The summed E-state index contributed by atoms with van der Waals surface area (Å²) < 4.78 is 1.86. The van der Waals surface area contributed by atoms with Gasteiger partial charge in [0.25, 0.3) is 0 Å². The van der Waals surface area contributed by atoms with Gasteiger partial charge in [0.15, 0.2) is 0 Å². The normalized spacial score (nSPS) is 18.6. The van der Waals surface area contributed by atoms with Gasteiger partial charge in [-0.1, -0.05) is 24.9 Å². The van der Waals surface area contributed by atoms with E-state index >= 15 is 0 Å². The van der Waals surface area contributed by atoms with Gasteiger partial charge in [0.1, 0.15) is 5.65 Å². The molecule has 0 spiro atoms. The predicted molar refractivity (Wildman–Crippen MR) is 109 cm³/mol. The summed E-state index contributed by atoms with van der Waals surface area (Å²) in [5, 5.41) is 6.57. The average Bonchev–Trinajstić information content (AvgIpc) is 3.07. The van der Waals surface area contributed by atoms with Crippen LogP contribution < -0.4 is 10.6 Å². The highest BCUT2D eigenvalue weighted by molar-refractivity contribution is 6.30. The van der Waals surface area contributed by atoms with Crippen molar-refractivity contribution in [1.29, 1.82) is 0 Å². The third kappa shape index (κ3) is 5.14. The molecule has 1 unspecified atom stereocenters. The molecule has 2 aromatic rings. The number of carbonyl (C=O) groups is 1. The summed E-state index contributed by atoms with van der Waals surface area (Å²) in [4.78, 5) is 19.2. The Hall–Kier alpha value is -1.79. The average molecular weight is 392 g/mol. The van der Waals surface area contributed by atoms with Crippen molar-refractivity contribution in [1.82, 2.24) is 24.9 Å². The fraction of sp³-hybridized carbons (Fsp3) is 0.600. The number of urea groups is 1. The van der Waals surface area contributed by atoms with Gasteiger partial charge >= 0.3 is 6.03 Å². The lowest BCUT2D eigenvalue weighted by Gasteiger charge is -2.43. The molecule has 1 aliphatic rings. The Morgan fingerprint density at radius 1 is 1.33 bits per heavy atom. The van der Waals surface area contributed by atoms with Gasteiger partial charge in [-0.25, -0.2) is 9.78 Å². The molecule has 2 amide bonds. The number of hydrogen-bond donors (Lipinski definition) is 2. The molecular weight excluding hydrogens is 362 g/mol. The Kier molecular flexibility index (Phi) is 6.27. The first-order valence-corrected chi connectivity index (χ1v) is 10.1. The van der Waals surface area contributed by atoms with Crippen LogP contribution in [0.25, 0.3) is 5.65 Å². The zero-order chi connectivity index (χ0) is 19.4. The molecule has 3 rings (SSSR count). The van der Waals surface area contributed by atoms with Crippen LogP contribution in [0.15, 0.2) is 24.5 Å². The molecule has 6 nitrogen and oxygen atoms in total. The number of amides is 2. The second-order valence-corrected chi connectivity index (χ2v) is 8.49. The highest BCUT2D eigenvalue weighted by Crippen LogP contribution is 2.25. The van der Waals surface area contributed by atoms with Gasteiger partial charge in [0.2, 0.25) is 0 Å². The number of likely N-dealkylation sites (tertiary alicyclic amines) is 1. The van der Waals surface area contributed by atoms with Gasteiger partial charge in [0.05, 0.1) is 17.3 Å². The molecule has 1 fully saturated rings. The standard InChI is InChI=1S/C20H30ClN5O/c1-4-15-6-5-9-26(11-15)20(2,3)14-23-19(27)22-10-17-13-25-12-16(21)7-8-18(25)24-17/h7-8,12-13,15H,4-6,9-11,14H2,1-3H3,(H2,22,23,27). The van der Waals surface area contributed by atoms with Crippen molar-refractivity contribution in [2.75, 3.05) is 19.6 Å². The fourth-order valence-electron chi connectivity index (χ4n) is 3.69. The summed E-state index contributed by atoms with van der Waals surface area (Å²) in [5.41, 5.74) is 1.56. The predicted octanol–water partition coefficient (Wildman–Crippen LogP) is 3.69. The van der Waals surface area contributed by atoms with E-state index in [9.17, 15) is 4.79 Å². The van der Waals surface area contributed by atoms with Gasteiger partial charge in [-0.15, -0.1) is 0 Å². The second-order valence-electron chi connectivity index (χ2n) is 8.06. The molecule has 0 bridgehead atoms. The van der Waals surface area contributed by atoms with Gasteiger partial charge in [-0.3, -0.25) is 4.90 Å². The molecule has 148 valence electrons. The Balaban J connectivity index is 1.48. The summed E-state index contributed by atoms with van der Waals surface area (Å²) in [5.74, 6) is 0.774. The highest BCUT2D eigenvalue weighted by atomic mass is 35.5. The van der Waals surface area contributed by atoms with Gasteiger partial charge < -0.3 is 15.0 Å². The maximum atomic E-state index is 12.2. The summed E-state index contributed by atoms with van der Waals surface area (Å²) in [6, 6.07) is 3.50. The Morgan fingerprint density at radius 3 is 2.93 bits per heavy atom. The van der Waals surface area contributed by atoms with Crippen LogP contribution in [0.1, 0.15) is 45.7 Å². The van der Waals surface area contributed by atoms with E-state index < -0.39 is 0 Å². The maximum absolute atomic E-state index is 12.2. The van der Waals surface area contributed by atoms with Crippen LogP contribution in [0.3, 0.4) is 0 Å². The third-order valence-corrected chi connectivity index (χ3v) is 5.75. The van der Waals surface area contributed by atoms with Crippen molar-refractivity contribution in [2.45, 2.75) is 52.1 Å². The molecular formula is C20H30ClN5O. The van der Waals surface area contributed by atoms with E-state index in [0.717, 1.165) is 30.3 Å². The lowest BCUT2D eigenvalue weighted by Crippen LogP contribution is -2.55. The van der Waals surface area contributed by atoms with Crippen molar-refractivity contribution in [3.05, 3.63) is 35.2 Å². The van der Waals surface area contributed by atoms with Gasteiger partial charge in [-0.05, 0) is 51.3 Å². The van der Waals surface area contributed by atoms with E-state index in [0.29, 0.717) is 18.1 Å². The molecule has 2 aromatic heterocycles. The number of fused-ring (bicyclic) bond motifs is 1. The molecule has 3 heterocycles. The minimum absolute atomic E-state index is 0.0506. The Morgan fingerprint density at radius 2 is 2.15 bits per heavy atom. The molecule has 1 saturated heterocycles. The first-order valence-electron chi connectivity index (χ1n) is 9.77. The van der Waals surface area contributed by atoms with Crippen molar-refractivity contribution in [3.8, 4) is 0 Å². The fourth-order valence-corrected chi connectivity index (χ4v) is 3.86. The van der Waals surface area contributed by atoms with Crippen molar-refractivity contribution in [2.24, 2.45) is 5.92 Å². The number of imidazole rings is 1. The topological polar surface area (TPSA) is 61.7 Å². The largest absolute Gasteiger partial charge is 0.336 e. The van der Waals surface area contributed by atoms with E-state index in [-0.39, 0.29) is 11.6 Å². The van der Waals surface area contributed by atoms with Crippen LogP contribution in [-0.4, -0.2) is 45.5 Å². The first-order chi connectivity index (χ1) is 12.9. The Labute approximate surface area is 166 Å². The number of rotatable bonds is 6. The highest BCUT2D eigenvalue weighted by Gasteiger charge is 2.31. The van der Waals surface area contributed by atoms with E-state index in [1.807, 2.05) is 16.7 Å². The first kappa shape index (κ1) is 20.0. The van der Waals surface area contributed by atoms with Crippen LogP contribution in [0.4, 0.5) is 4.79 Å². The number of nitrogens with zero attached hydrogens (tertiary/aromatic N) is 3. The second kappa shape index (κ2) is 8.48. The summed E-state index contributed by atoms with van der Waals surface area (Å²) >= 11 is 5.99. The molecule has 1 aliphatic heterocycles. The van der Waals surface area contributed by atoms with E-state index in [4.69, 9.17) is 11.6 Å². The zero-order valence-corrected chi connectivity index (χ0v) is 17.2. The SMILES string of the molecule is CCC1CCCN(C(C)(C)CNC(=O)NCc2cn3cc(Cl)ccc3n2)C1. The van der Waals surface area contributed by atoms with Crippen LogP contribution in [-0.2, 0) is 6.54 Å². The smallest absolute Gasteiger partial charge is 0.315 e. The lowest BCUT2D eigenvalue weighted by molar-refractivity contribution is 0.0665. The number of hydrogen-bond acceptors (Lipinski definition) is 3. The van der Waals surface area contributed by atoms with Crippen LogP contribution in [0, 0.1) is 5.92 Å². The molecule has 0 aromatic carbocycles. The van der Waals surface area contributed by atoms with Crippen LogP contribution >= 0.6 is 11.6 Å². The van der Waals surface area contributed by atoms with E-state index in [1.165, 1.54) is 19.3 Å². The zero-order valence-electron chi connectivity index (χ0n) is 16.5. The minimum Gasteiger partial charge on any atom is -0.336 e. The van der Waals surface area contributed by atoms with E-state index in [1.54, 1.807) is 12.3 Å². The maximum Gasteiger partial charge on any atom is 0.315 e. The minimum atomic E-state index is -0.165. The van der Waals surface area contributed by atoms with Crippen molar-refractivity contribution in [3.63, 3.8) is 0 Å². The monoisotopic (exact) mass is 391 g/mol. The van der Waals surface area contributed by atoms with Crippen molar-refractivity contribution < 1.29 is 4.79 Å². The Bertz CT molecular complexity index is 788. The van der Waals surface area contributed by atoms with Crippen LogP contribution in [0.5, 0.6) is 0 Å². The molecule has 0 radical (unpaired) electrons. The molecule has 7 heteroatoms. The summed E-state index contributed by atoms with van der Waals surface area (Å²) in [7, 11) is 0. The molecule has 27 heavy (non-hydrogen) atoms. The molecule has 1 atom stereocenters. The number of aromatic nitrogens is 2. The third-order valence-electron chi connectivity index (χ3n) is 5.53. The van der Waals surface area contributed by atoms with Gasteiger partial charge in [0, 0.05) is 31.0 Å². The lowest BCUT2D eigenvalue weighted by atomic mass is 9.91. The van der Waals surface area contributed by atoms with Gasteiger partial charge in [-0.2, -0.15) is 0 Å². The summed E-state index contributed by atoms with van der Waals surface area (Å²) in [6.45, 7) is 9.91. The molecule has 0 saturated carbocycles. The summed E-state index contributed by atoms with van der Waals surface area (Å²) in [6.07, 6.45) is 7.47. The van der Waals surface area contributed by atoms with Crippen molar-refractivity contribution >= 4 is 23.3 Å². The number of carbonyl (C=O) groups excluding carboxylic acids is 1. The number of piperidine rings is 1. The molecule has 0 aliphatic carbocycles. The number of nitrogens with one attached hydrogen (secondary N) is 2.